The summed E-state index contributed by atoms with van der Waals surface area (Å²) in [5, 5.41) is 12.1. The van der Waals surface area contributed by atoms with Crippen LogP contribution in [-0.2, 0) is 19.1 Å². The molecule has 4 atom stereocenters. The van der Waals surface area contributed by atoms with Crippen LogP contribution in [0.3, 0.4) is 0 Å². The van der Waals surface area contributed by atoms with Crippen molar-refractivity contribution >= 4 is 35.5 Å². The number of pyridine rings is 1. The minimum Gasteiger partial charge on any atom is -0.468 e. The largest absolute Gasteiger partial charge is 0.468 e. The molecule has 44 heavy (non-hydrogen) atoms. The van der Waals surface area contributed by atoms with Crippen molar-refractivity contribution in [3.05, 3.63) is 59.3 Å². The number of aromatic nitrogens is 1. The normalized spacial score (nSPS) is 21.8. The van der Waals surface area contributed by atoms with Gasteiger partial charge in [-0.05, 0) is 49.2 Å². The summed E-state index contributed by atoms with van der Waals surface area (Å²) in [7, 11) is 2.46. The van der Waals surface area contributed by atoms with Gasteiger partial charge in [-0.1, -0.05) is 12.1 Å². The molecule has 4 N–H and O–H groups in total. The van der Waals surface area contributed by atoms with E-state index in [2.05, 4.69) is 31.2 Å². The average molecular weight is 616 g/mol. The highest BCUT2D eigenvalue weighted by molar-refractivity contribution is 6.12. The number of halogens is 2. The predicted molar refractivity (Wildman–Crippen MR) is 155 cm³/mol. The summed E-state index contributed by atoms with van der Waals surface area (Å²) in [5.74, 6) is -4.23. The molecular weight excluding hydrogens is 580 g/mol. The second-order valence-corrected chi connectivity index (χ2v) is 10.4. The Hall–Kier alpha value is -4.34. The number of nitrogens with one attached hydrogen (secondary N) is 4. The first-order valence-electron chi connectivity index (χ1n) is 14.0. The fourth-order valence-corrected chi connectivity index (χ4v) is 5.36. The second-order valence-electron chi connectivity index (χ2n) is 10.4. The Kier molecular flexibility index (Phi) is 11.0. The Morgan fingerprint density at radius 2 is 1.91 bits per heavy atom. The number of imide groups is 1. The third-order valence-electron chi connectivity index (χ3n) is 7.32. The molecule has 0 radical (unpaired) electrons. The molecule has 3 heterocycles. The zero-order valence-electron chi connectivity index (χ0n) is 24.6. The smallest absolute Gasteiger partial charge is 0.352 e. The van der Waals surface area contributed by atoms with E-state index in [1.54, 1.807) is 6.07 Å². The number of hydrogen-bond acceptors (Lipinski definition) is 9. The molecule has 1 saturated heterocycles. The molecule has 1 fully saturated rings. The van der Waals surface area contributed by atoms with Crippen molar-refractivity contribution in [1.82, 2.24) is 25.8 Å². The number of carbonyl (C=O) groups excluding carboxylic acids is 4. The third-order valence-corrected chi connectivity index (χ3v) is 7.32. The highest BCUT2D eigenvalue weighted by Gasteiger charge is 2.47. The van der Waals surface area contributed by atoms with E-state index >= 15 is 0 Å². The molecule has 3 unspecified atom stereocenters. The van der Waals surface area contributed by atoms with Gasteiger partial charge in [0.1, 0.15) is 11.7 Å². The molecule has 1 aromatic carbocycles. The molecule has 0 saturated carbocycles. The molecule has 2 aliphatic rings. The van der Waals surface area contributed by atoms with Crippen molar-refractivity contribution < 1.29 is 37.4 Å². The molecule has 13 nitrogen and oxygen atoms in total. The van der Waals surface area contributed by atoms with E-state index in [9.17, 15) is 28.0 Å². The molecule has 0 aliphatic carbocycles. The van der Waals surface area contributed by atoms with Crippen LogP contribution in [0.2, 0.25) is 0 Å². The van der Waals surface area contributed by atoms with Crippen LogP contribution in [0.1, 0.15) is 43.1 Å². The number of hydrogen-bond donors (Lipinski definition) is 4. The van der Waals surface area contributed by atoms with Crippen LogP contribution in [0.15, 0.2) is 41.4 Å². The van der Waals surface area contributed by atoms with Crippen LogP contribution in [-0.4, -0.2) is 86.0 Å². The van der Waals surface area contributed by atoms with Crippen molar-refractivity contribution in [2.75, 3.05) is 45.8 Å². The van der Waals surface area contributed by atoms with Gasteiger partial charge in [0.2, 0.25) is 5.91 Å². The fraction of sp³-hybridized carbons (Fsp3) is 0.448. The van der Waals surface area contributed by atoms with Gasteiger partial charge in [-0.3, -0.25) is 9.59 Å². The molecule has 1 aromatic heterocycles. The Bertz CT molecular complexity index is 1420. The molecule has 0 bridgehead atoms. The number of ether oxygens (including phenoxy) is 2. The maximum Gasteiger partial charge on any atom is 0.352 e. The van der Waals surface area contributed by atoms with Gasteiger partial charge in [-0.25, -0.2) is 28.3 Å². The molecule has 2 aliphatic heterocycles. The van der Waals surface area contributed by atoms with Crippen molar-refractivity contribution in [1.29, 1.82) is 0 Å². The molecule has 15 heteroatoms. The van der Waals surface area contributed by atoms with Crippen LogP contribution in [0, 0.1) is 17.6 Å². The van der Waals surface area contributed by atoms with Crippen LogP contribution < -0.4 is 21.3 Å². The molecule has 0 spiro atoms. The van der Waals surface area contributed by atoms with E-state index < -0.39 is 41.6 Å². The minimum atomic E-state index is -1.37. The lowest BCUT2D eigenvalue weighted by atomic mass is 9.86. The second kappa shape index (κ2) is 14.9. The maximum absolute atomic E-state index is 14.3. The summed E-state index contributed by atoms with van der Waals surface area (Å²) in [6.45, 7) is 2.36. The molecule has 236 valence electrons. The third kappa shape index (κ3) is 7.78. The van der Waals surface area contributed by atoms with Gasteiger partial charge in [0.25, 0.3) is 0 Å². The highest BCUT2D eigenvalue weighted by atomic mass is 19.2. The lowest BCUT2D eigenvalue weighted by molar-refractivity contribution is -0.144. The van der Waals surface area contributed by atoms with Crippen molar-refractivity contribution in [3.8, 4) is 0 Å². The molecule has 4 rings (SSSR count). The van der Waals surface area contributed by atoms with Crippen molar-refractivity contribution in [2.24, 2.45) is 10.9 Å². The van der Waals surface area contributed by atoms with E-state index in [0.29, 0.717) is 23.7 Å². The standard InChI is InChI=1S/C29H35F2N7O6/c1-16(39)35-24-6-4-5-21(36-24)22-14-18(9-10-33-22)32-11-12-34-28(41)38-26(17-7-8-19(30)20(31)13-17)25(27(40)44-3)23(15-43-2)37-29(38)42/h4-8,13,18,22,25-26,32-33H,9-12,14-15H2,1-3H3,(H,34,41)(H,35,36,39)/t18?,22?,25?,26-/m0/s1. The summed E-state index contributed by atoms with van der Waals surface area (Å²) in [4.78, 5) is 59.8. The monoisotopic (exact) mass is 615 g/mol. The van der Waals surface area contributed by atoms with Crippen molar-refractivity contribution in [2.45, 2.75) is 37.9 Å². The maximum atomic E-state index is 14.3. The number of piperidine rings is 1. The van der Waals surface area contributed by atoms with Crippen LogP contribution in [0.5, 0.6) is 0 Å². The number of urea groups is 2. The topological polar surface area (TPSA) is 163 Å². The van der Waals surface area contributed by atoms with Crippen molar-refractivity contribution in [3.63, 3.8) is 0 Å². The number of rotatable bonds is 10. The summed E-state index contributed by atoms with van der Waals surface area (Å²) < 4.78 is 38.0. The zero-order chi connectivity index (χ0) is 31.8. The van der Waals surface area contributed by atoms with E-state index in [1.807, 2.05) is 12.1 Å². The first-order chi connectivity index (χ1) is 21.1. The zero-order valence-corrected chi connectivity index (χ0v) is 24.6. The Morgan fingerprint density at radius 3 is 2.61 bits per heavy atom. The summed E-state index contributed by atoms with van der Waals surface area (Å²) in [5.41, 5.74) is 0.778. The fourth-order valence-electron chi connectivity index (χ4n) is 5.36. The number of amides is 5. The first-order valence-corrected chi connectivity index (χ1v) is 14.0. The molecule has 5 amide bonds. The number of benzene rings is 1. The Labute approximate surface area is 252 Å². The van der Waals surface area contributed by atoms with Gasteiger partial charge in [0, 0.05) is 33.2 Å². The summed E-state index contributed by atoms with van der Waals surface area (Å²) >= 11 is 0. The Morgan fingerprint density at radius 1 is 1.11 bits per heavy atom. The SMILES string of the molecule is COCC1=NC(=O)N(C(=O)NCCNC2CCNC(c3cccc(NC(C)=O)n3)C2)[C@@H](c2ccc(F)c(F)c2)C1C(=O)OC. The van der Waals surface area contributed by atoms with E-state index in [-0.39, 0.29) is 42.4 Å². The minimum absolute atomic E-state index is 0.00126. The molecular formula is C29H35F2N7O6. The number of aliphatic imine (C=N–C) groups is 1. The van der Waals surface area contributed by atoms with E-state index in [1.165, 1.54) is 20.1 Å². The number of methoxy groups -OCH3 is 2. The van der Waals surface area contributed by atoms with Gasteiger partial charge >= 0.3 is 18.0 Å². The average Bonchev–Trinajstić information content (AvgIpc) is 3.00. The number of carbonyl (C=O) groups is 4. The number of anilines is 1. The van der Waals surface area contributed by atoms with Gasteiger partial charge < -0.3 is 30.7 Å². The van der Waals surface area contributed by atoms with Gasteiger partial charge in [-0.15, -0.1) is 0 Å². The van der Waals surface area contributed by atoms with Gasteiger partial charge in [0.05, 0.1) is 37.2 Å². The van der Waals surface area contributed by atoms with E-state index in [0.717, 1.165) is 37.9 Å². The van der Waals surface area contributed by atoms with Gasteiger partial charge in [0.15, 0.2) is 11.6 Å². The summed E-state index contributed by atoms with van der Waals surface area (Å²) in [6.07, 6.45) is 1.52. The Balaban J connectivity index is 1.43. The van der Waals surface area contributed by atoms with Gasteiger partial charge in [-0.2, -0.15) is 4.99 Å². The lowest BCUT2D eigenvalue weighted by Gasteiger charge is -2.37. The lowest BCUT2D eigenvalue weighted by Crippen LogP contribution is -2.54. The quantitative estimate of drug-likeness (QED) is 0.232. The van der Waals surface area contributed by atoms with Crippen LogP contribution in [0.25, 0.3) is 0 Å². The number of nitrogens with zero attached hydrogens (tertiary/aromatic N) is 3. The van der Waals surface area contributed by atoms with Crippen LogP contribution >= 0.6 is 0 Å². The van der Waals surface area contributed by atoms with Crippen LogP contribution in [0.4, 0.5) is 24.2 Å². The summed E-state index contributed by atoms with van der Waals surface area (Å²) in [6, 6.07) is 5.09. The van der Waals surface area contributed by atoms with E-state index in [4.69, 9.17) is 9.47 Å². The first kappa shape index (κ1) is 32.6. The molecule has 2 aromatic rings. The predicted octanol–water partition coefficient (Wildman–Crippen LogP) is 2.46. The number of esters is 1. The highest BCUT2D eigenvalue weighted by Crippen LogP contribution is 2.36.